The predicted octanol–water partition coefficient (Wildman–Crippen LogP) is 0.586. The Morgan fingerprint density at radius 1 is 1.45 bits per heavy atom. The third kappa shape index (κ3) is 7.19. The van der Waals surface area contributed by atoms with E-state index in [4.69, 9.17) is 14.6 Å². The monoisotopic (exact) mass is 289 g/mol. The van der Waals surface area contributed by atoms with Gasteiger partial charge in [-0.05, 0) is 32.2 Å². The summed E-state index contributed by atoms with van der Waals surface area (Å²) in [6.45, 7) is 4.90. The van der Waals surface area contributed by atoms with Crippen LogP contribution in [0.4, 0.5) is 0 Å². The number of β-amino-alcohol motifs (C(OH)–C–C–N with tert-alkyl or cyclic N) is 1. The first-order valence-corrected chi connectivity index (χ1v) is 7.24. The lowest BCUT2D eigenvalue weighted by Crippen LogP contribution is -2.42. The number of carboxylic acids is 1. The Hall–Kier alpha value is -0.690. The summed E-state index contributed by atoms with van der Waals surface area (Å²) < 4.78 is 10.4. The van der Waals surface area contributed by atoms with E-state index in [2.05, 4.69) is 4.90 Å². The van der Waals surface area contributed by atoms with Crippen molar-refractivity contribution in [1.29, 1.82) is 0 Å². The maximum absolute atomic E-state index is 10.7. The second-order valence-electron chi connectivity index (χ2n) is 5.62. The Labute approximate surface area is 120 Å². The predicted molar refractivity (Wildman–Crippen MR) is 74.7 cm³/mol. The van der Waals surface area contributed by atoms with Crippen molar-refractivity contribution in [2.45, 2.75) is 38.4 Å². The van der Waals surface area contributed by atoms with Gasteiger partial charge in [-0.25, -0.2) is 0 Å². The van der Waals surface area contributed by atoms with Crippen LogP contribution in [0, 0.1) is 5.92 Å². The fourth-order valence-electron chi connectivity index (χ4n) is 2.64. The first-order valence-electron chi connectivity index (χ1n) is 7.24. The Morgan fingerprint density at radius 2 is 2.20 bits per heavy atom. The number of ether oxygens (including phenoxy) is 2. The number of rotatable bonds is 9. The van der Waals surface area contributed by atoms with E-state index >= 15 is 0 Å². The van der Waals surface area contributed by atoms with Gasteiger partial charge in [0.25, 0.3) is 0 Å². The van der Waals surface area contributed by atoms with Crippen LogP contribution in [0.25, 0.3) is 0 Å². The van der Waals surface area contributed by atoms with Crippen molar-refractivity contribution in [2.75, 3.05) is 40.0 Å². The number of hydrogen-bond donors (Lipinski definition) is 2. The molecule has 2 N–H and O–H groups in total. The minimum absolute atomic E-state index is 0.0317. The van der Waals surface area contributed by atoms with Crippen LogP contribution in [0.15, 0.2) is 0 Å². The number of aliphatic hydroxyl groups excluding tert-OH is 1. The minimum Gasteiger partial charge on any atom is -0.481 e. The van der Waals surface area contributed by atoms with Crippen LogP contribution >= 0.6 is 0 Å². The number of carbonyl (C=O) groups is 1. The second kappa shape index (κ2) is 9.28. The molecule has 0 aromatic heterocycles. The second-order valence-corrected chi connectivity index (χ2v) is 5.62. The highest BCUT2D eigenvalue weighted by Crippen LogP contribution is 2.19. The fourth-order valence-corrected chi connectivity index (χ4v) is 2.64. The molecule has 0 aliphatic carbocycles. The molecule has 1 aliphatic heterocycles. The van der Waals surface area contributed by atoms with Crippen molar-refractivity contribution < 1.29 is 24.5 Å². The van der Waals surface area contributed by atoms with Gasteiger partial charge < -0.3 is 24.6 Å². The fraction of sp³-hybridized carbons (Fsp3) is 0.929. The summed E-state index contributed by atoms with van der Waals surface area (Å²) in [6, 6.07) is 0. The van der Waals surface area contributed by atoms with Crippen LogP contribution in [-0.2, 0) is 14.3 Å². The van der Waals surface area contributed by atoms with Gasteiger partial charge in [0.15, 0.2) is 0 Å². The number of aliphatic hydroxyl groups is 1. The first kappa shape index (κ1) is 17.4. The standard InChI is InChI=1S/C14H27NO5/c1-11(9-19-2)20-10-13(16)8-15-5-3-4-12(7-15)6-14(17)18/h11-13,16H,3-10H2,1-2H3,(H,17,18). The van der Waals surface area contributed by atoms with Crippen molar-refractivity contribution in [1.82, 2.24) is 4.90 Å². The molecule has 0 radical (unpaired) electrons. The minimum atomic E-state index is -0.742. The van der Waals surface area contributed by atoms with Gasteiger partial charge in [-0.3, -0.25) is 4.79 Å². The molecule has 1 saturated heterocycles. The molecule has 3 unspecified atom stereocenters. The van der Waals surface area contributed by atoms with E-state index < -0.39 is 12.1 Å². The number of piperidine rings is 1. The quantitative estimate of drug-likeness (QED) is 0.646. The van der Waals surface area contributed by atoms with Crippen LogP contribution in [0.5, 0.6) is 0 Å². The SMILES string of the molecule is COCC(C)OCC(O)CN1CCCC(CC(=O)O)C1. The van der Waals surface area contributed by atoms with E-state index in [-0.39, 0.29) is 25.0 Å². The number of aliphatic carboxylic acids is 1. The van der Waals surface area contributed by atoms with Crippen molar-refractivity contribution in [3.8, 4) is 0 Å². The third-order valence-corrected chi connectivity index (χ3v) is 3.51. The van der Waals surface area contributed by atoms with Crippen LogP contribution < -0.4 is 0 Å². The molecule has 0 aromatic rings. The van der Waals surface area contributed by atoms with Crippen LogP contribution in [-0.4, -0.2) is 73.2 Å². The summed E-state index contributed by atoms with van der Waals surface area (Å²) in [5, 5.41) is 18.8. The lowest BCUT2D eigenvalue weighted by molar-refractivity contribution is -0.138. The smallest absolute Gasteiger partial charge is 0.303 e. The average Bonchev–Trinajstić information content (AvgIpc) is 2.36. The molecule has 20 heavy (non-hydrogen) atoms. The largest absolute Gasteiger partial charge is 0.481 e. The zero-order chi connectivity index (χ0) is 15.0. The highest BCUT2D eigenvalue weighted by atomic mass is 16.5. The molecule has 6 heteroatoms. The number of methoxy groups -OCH3 is 1. The van der Waals surface area contributed by atoms with Crippen LogP contribution in [0.1, 0.15) is 26.2 Å². The highest BCUT2D eigenvalue weighted by molar-refractivity contribution is 5.67. The van der Waals surface area contributed by atoms with E-state index in [0.29, 0.717) is 13.2 Å². The molecule has 0 saturated carbocycles. The average molecular weight is 289 g/mol. The zero-order valence-corrected chi connectivity index (χ0v) is 12.5. The van der Waals surface area contributed by atoms with Gasteiger partial charge in [0.2, 0.25) is 0 Å². The van der Waals surface area contributed by atoms with Gasteiger partial charge in [0, 0.05) is 26.6 Å². The molecule has 118 valence electrons. The molecule has 0 aromatic carbocycles. The van der Waals surface area contributed by atoms with Gasteiger partial charge in [-0.1, -0.05) is 0 Å². The summed E-state index contributed by atoms with van der Waals surface area (Å²) in [7, 11) is 1.62. The number of hydrogen-bond acceptors (Lipinski definition) is 5. The van der Waals surface area contributed by atoms with E-state index in [9.17, 15) is 9.90 Å². The molecule has 0 bridgehead atoms. The highest BCUT2D eigenvalue weighted by Gasteiger charge is 2.23. The Kier molecular flexibility index (Phi) is 8.06. The Morgan fingerprint density at radius 3 is 2.85 bits per heavy atom. The van der Waals surface area contributed by atoms with Gasteiger partial charge in [0.05, 0.1) is 25.4 Å². The first-order chi connectivity index (χ1) is 9.51. The topological polar surface area (TPSA) is 79.2 Å². The van der Waals surface area contributed by atoms with Gasteiger partial charge in [-0.2, -0.15) is 0 Å². The Bertz CT molecular complexity index is 287. The summed E-state index contributed by atoms with van der Waals surface area (Å²) >= 11 is 0. The van der Waals surface area contributed by atoms with Gasteiger partial charge in [-0.15, -0.1) is 0 Å². The molecule has 1 aliphatic rings. The zero-order valence-electron chi connectivity index (χ0n) is 12.5. The maximum atomic E-state index is 10.7. The summed E-state index contributed by atoms with van der Waals surface area (Å²) in [5.74, 6) is -0.545. The van der Waals surface area contributed by atoms with E-state index in [0.717, 1.165) is 25.9 Å². The maximum Gasteiger partial charge on any atom is 0.303 e. The van der Waals surface area contributed by atoms with E-state index in [1.165, 1.54) is 0 Å². The lowest BCUT2D eigenvalue weighted by Gasteiger charge is -2.33. The summed E-state index contributed by atoms with van der Waals surface area (Å²) in [6.07, 6.45) is 1.59. The van der Waals surface area contributed by atoms with Crippen molar-refractivity contribution in [3.05, 3.63) is 0 Å². The number of likely N-dealkylation sites (tertiary alicyclic amines) is 1. The van der Waals surface area contributed by atoms with Crippen LogP contribution in [0.3, 0.4) is 0 Å². The van der Waals surface area contributed by atoms with E-state index in [1.807, 2.05) is 6.92 Å². The molecule has 1 fully saturated rings. The molecule has 0 amide bonds. The van der Waals surface area contributed by atoms with Gasteiger partial charge >= 0.3 is 5.97 Å². The summed E-state index contributed by atoms with van der Waals surface area (Å²) in [4.78, 5) is 12.9. The van der Waals surface area contributed by atoms with E-state index in [1.54, 1.807) is 7.11 Å². The third-order valence-electron chi connectivity index (χ3n) is 3.51. The van der Waals surface area contributed by atoms with Crippen molar-refractivity contribution in [3.63, 3.8) is 0 Å². The molecule has 6 nitrogen and oxygen atoms in total. The van der Waals surface area contributed by atoms with Crippen molar-refractivity contribution in [2.24, 2.45) is 5.92 Å². The molecule has 1 heterocycles. The normalized spacial score (nSPS) is 23.4. The molecular formula is C14H27NO5. The molecular weight excluding hydrogens is 262 g/mol. The number of carboxylic acid groups (broad SMARTS) is 1. The van der Waals surface area contributed by atoms with Gasteiger partial charge in [0.1, 0.15) is 0 Å². The molecule has 1 rings (SSSR count). The number of nitrogens with zero attached hydrogens (tertiary/aromatic N) is 1. The van der Waals surface area contributed by atoms with Crippen molar-refractivity contribution >= 4 is 5.97 Å². The molecule has 0 spiro atoms. The Balaban J connectivity index is 2.23. The molecule has 3 atom stereocenters. The summed E-state index contributed by atoms with van der Waals surface area (Å²) in [5.41, 5.74) is 0. The van der Waals surface area contributed by atoms with Crippen LogP contribution in [0.2, 0.25) is 0 Å². The lowest BCUT2D eigenvalue weighted by atomic mass is 9.95.